The van der Waals surface area contributed by atoms with Crippen molar-refractivity contribution >= 4 is 61.8 Å². The van der Waals surface area contributed by atoms with Crippen LogP contribution >= 0.6 is 39.1 Å². The molecule has 0 saturated heterocycles. The van der Waals surface area contributed by atoms with E-state index in [2.05, 4.69) is 26.2 Å². The Hall–Kier alpha value is -2.34. The molecular formula is C22H15BrCl2N2O2. The lowest BCUT2D eigenvalue weighted by Gasteiger charge is -2.10. The molecule has 29 heavy (non-hydrogen) atoms. The minimum Gasteiger partial charge on any atom is -0.436 e. The number of hydrogen-bond donors (Lipinski definition) is 1. The molecule has 0 unspecified atom stereocenters. The summed E-state index contributed by atoms with van der Waals surface area (Å²) in [6, 6.07) is 14.3. The number of aromatic nitrogens is 1. The summed E-state index contributed by atoms with van der Waals surface area (Å²) in [5.74, 6) is 0.0943. The highest BCUT2D eigenvalue weighted by Crippen LogP contribution is 2.32. The number of nitrogens with zero attached hydrogens (tertiary/aromatic N) is 1. The Morgan fingerprint density at radius 1 is 1.00 bits per heavy atom. The van der Waals surface area contributed by atoms with Crippen LogP contribution in [0.1, 0.15) is 21.5 Å². The molecule has 4 nitrogen and oxygen atoms in total. The van der Waals surface area contributed by atoms with Crippen molar-refractivity contribution in [2.75, 3.05) is 5.32 Å². The highest BCUT2D eigenvalue weighted by Gasteiger charge is 2.15. The van der Waals surface area contributed by atoms with Crippen LogP contribution in [0, 0.1) is 13.8 Å². The first-order valence-electron chi connectivity index (χ1n) is 8.76. The number of amides is 1. The van der Waals surface area contributed by atoms with E-state index < -0.39 is 0 Å². The second kappa shape index (κ2) is 7.82. The molecule has 146 valence electrons. The summed E-state index contributed by atoms with van der Waals surface area (Å²) in [7, 11) is 0. The summed E-state index contributed by atoms with van der Waals surface area (Å²) in [5, 5.41) is 3.56. The molecule has 0 spiro atoms. The Kier molecular flexibility index (Phi) is 5.38. The fourth-order valence-corrected chi connectivity index (χ4v) is 3.65. The van der Waals surface area contributed by atoms with Crippen molar-refractivity contribution in [3.63, 3.8) is 0 Å². The average Bonchev–Trinajstić information content (AvgIpc) is 3.08. The van der Waals surface area contributed by atoms with Gasteiger partial charge in [0.15, 0.2) is 5.58 Å². The van der Waals surface area contributed by atoms with Gasteiger partial charge in [-0.05, 0) is 73.5 Å². The normalized spacial score (nSPS) is 11.1. The van der Waals surface area contributed by atoms with Crippen molar-refractivity contribution in [3.8, 4) is 11.5 Å². The Morgan fingerprint density at radius 2 is 1.72 bits per heavy atom. The molecule has 4 aromatic rings. The van der Waals surface area contributed by atoms with E-state index >= 15 is 0 Å². The molecular weight excluding hydrogens is 475 g/mol. The zero-order chi connectivity index (χ0) is 20.7. The van der Waals surface area contributed by atoms with Crippen LogP contribution in [-0.2, 0) is 0 Å². The average molecular weight is 490 g/mol. The van der Waals surface area contributed by atoms with Crippen LogP contribution < -0.4 is 5.32 Å². The SMILES string of the molecule is Cc1cc2nc(-c3ccc(Cl)c(NC(=O)c4cc(Br)ccc4Cl)c3)oc2cc1C. The number of nitrogens with one attached hydrogen (secondary N) is 1. The van der Waals surface area contributed by atoms with Crippen LogP contribution in [0.3, 0.4) is 0 Å². The van der Waals surface area contributed by atoms with E-state index in [4.69, 9.17) is 27.6 Å². The molecule has 0 aliphatic heterocycles. The second-order valence-corrected chi connectivity index (χ2v) is 8.43. The molecule has 0 aliphatic carbocycles. The molecule has 0 aliphatic rings. The van der Waals surface area contributed by atoms with Crippen molar-refractivity contribution in [1.82, 2.24) is 4.98 Å². The molecule has 1 N–H and O–H groups in total. The monoisotopic (exact) mass is 488 g/mol. The number of carbonyl (C=O) groups is 1. The molecule has 1 heterocycles. The van der Waals surface area contributed by atoms with Crippen LogP contribution in [0.5, 0.6) is 0 Å². The molecule has 4 rings (SSSR count). The van der Waals surface area contributed by atoms with Gasteiger partial charge in [0.05, 0.1) is 21.3 Å². The molecule has 3 aromatic carbocycles. The van der Waals surface area contributed by atoms with Gasteiger partial charge in [0, 0.05) is 10.0 Å². The van der Waals surface area contributed by atoms with E-state index in [-0.39, 0.29) is 5.91 Å². The van der Waals surface area contributed by atoms with Gasteiger partial charge in [0.1, 0.15) is 5.52 Å². The summed E-state index contributed by atoms with van der Waals surface area (Å²) in [6.45, 7) is 4.06. The predicted molar refractivity (Wildman–Crippen MR) is 121 cm³/mol. The number of rotatable bonds is 3. The Balaban J connectivity index is 1.69. The van der Waals surface area contributed by atoms with E-state index in [1.807, 2.05) is 26.0 Å². The molecule has 0 atom stereocenters. The molecule has 0 bridgehead atoms. The topological polar surface area (TPSA) is 55.1 Å². The summed E-state index contributed by atoms with van der Waals surface area (Å²) in [4.78, 5) is 17.3. The highest BCUT2D eigenvalue weighted by atomic mass is 79.9. The number of anilines is 1. The lowest BCUT2D eigenvalue weighted by atomic mass is 10.1. The van der Waals surface area contributed by atoms with Gasteiger partial charge >= 0.3 is 0 Å². The van der Waals surface area contributed by atoms with E-state index in [0.29, 0.717) is 38.3 Å². The van der Waals surface area contributed by atoms with E-state index in [1.165, 1.54) is 0 Å². The Bertz CT molecular complexity index is 1230. The van der Waals surface area contributed by atoms with Gasteiger partial charge in [0.2, 0.25) is 5.89 Å². The summed E-state index contributed by atoms with van der Waals surface area (Å²) < 4.78 is 6.67. The number of oxazole rings is 1. The highest BCUT2D eigenvalue weighted by molar-refractivity contribution is 9.10. The fourth-order valence-electron chi connectivity index (χ4n) is 2.92. The van der Waals surface area contributed by atoms with Gasteiger partial charge in [0.25, 0.3) is 5.91 Å². The van der Waals surface area contributed by atoms with Crippen molar-refractivity contribution in [2.45, 2.75) is 13.8 Å². The predicted octanol–water partition coefficient (Wildman–Crippen LogP) is 7.43. The lowest BCUT2D eigenvalue weighted by Crippen LogP contribution is -2.13. The minimum absolute atomic E-state index is 0.343. The van der Waals surface area contributed by atoms with Gasteiger partial charge in [-0.25, -0.2) is 4.98 Å². The smallest absolute Gasteiger partial charge is 0.257 e. The maximum absolute atomic E-state index is 12.7. The number of hydrogen-bond acceptors (Lipinski definition) is 3. The maximum atomic E-state index is 12.7. The number of carbonyl (C=O) groups excluding carboxylic acids is 1. The third kappa shape index (κ3) is 4.04. The molecule has 1 amide bonds. The van der Waals surface area contributed by atoms with Crippen molar-refractivity contribution in [1.29, 1.82) is 0 Å². The molecule has 0 saturated carbocycles. The van der Waals surface area contributed by atoms with Crippen LogP contribution in [0.4, 0.5) is 5.69 Å². The van der Waals surface area contributed by atoms with Crippen LogP contribution in [0.15, 0.2) is 57.4 Å². The number of aryl methyl sites for hydroxylation is 2. The third-order valence-corrected chi connectivity index (χ3v) is 5.79. The molecule has 0 fully saturated rings. The summed E-state index contributed by atoms with van der Waals surface area (Å²) >= 11 is 15.8. The number of benzene rings is 3. The van der Waals surface area contributed by atoms with E-state index in [1.54, 1.807) is 36.4 Å². The first-order chi connectivity index (χ1) is 13.8. The zero-order valence-electron chi connectivity index (χ0n) is 15.5. The quantitative estimate of drug-likeness (QED) is 0.325. The first kappa shape index (κ1) is 20.0. The van der Waals surface area contributed by atoms with Gasteiger partial charge in [-0.1, -0.05) is 39.1 Å². The molecule has 0 radical (unpaired) electrons. The van der Waals surface area contributed by atoms with Crippen molar-refractivity contribution in [3.05, 3.63) is 79.7 Å². The van der Waals surface area contributed by atoms with Gasteiger partial charge < -0.3 is 9.73 Å². The minimum atomic E-state index is -0.362. The van der Waals surface area contributed by atoms with Gasteiger partial charge in [-0.2, -0.15) is 0 Å². The zero-order valence-corrected chi connectivity index (χ0v) is 18.6. The van der Waals surface area contributed by atoms with Gasteiger partial charge in [-0.15, -0.1) is 0 Å². The maximum Gasteiger partial charge on any atom is 0.257 e. The standard InChI is InChI=1S/C22H15BrCl2N2O2/c1-11-7-19-20(8-12(11)2)29-22(27-19)13-3-5-17(25)18(9-13)26-21(28)15-10-14(23)4-6-16(15)24/h3-10H,1-2H3,(H,26,28). The van der Waals surface area contributed by atoms with Crippen LogP contribution in [0.25, 0.3) is 22.6 Å². The second-order valence-electron chi connectivity index (χ2n) is 6.70. The van der Waals surface area contributed by atoms with Crippen LogP contribution in [0.2, 0.25) is 10.0 Å². The molecule has 7 heteroatoms. The number of fused-ring (bicyclic) bond motifs is 1. The van der Waals surface area contributed by atoms with E-state index in [9.17, 15) is 4.79 Å². The largest absolute Gasteiger partial charge is 0.436 e. The Morgan fingerprint density at radius 3 is 2.52 bits per heavy atom. The van der Waals surface area contributed by atoms with E-state index in [0.717, 1.165) is 21.1 Å². The molecule has 1 aromatic heterocycles. The summed E-state index contributed by atoms with van der Waals surface area (Å²) in [6.07, 6.45) is 0. The Labute approximate surface area is 186 Å². The first-order valence-corrected chi connectivity index (χ1v) is 10.3. The van der Waals surface area contributed by atoms with Gasteiger partial charge in [-0.3, -0.25) is 4.79 Å². The van der Waals surface area contributed by atoms with Crippen LogP contribution in [-0.4, -0.2) is 10.9 Å². The summed E-state index contributed by atoms with van der Waals surface area (Å²) in [5.41, 5.74) is 5.27. The van der Waals surface area contributed by atoms with Crippen molar-refractivity contribution in [2.24, 2.45) is 0 Å². The third-order valence-electron chi connectivity index (χ3n) is 4.64. The van der Waals surface area contributed by atoms with Crippen molar-refractivity contribution < 1.29 is 9.21 Å². The lowest BCUT2D eigenvalue weighted by molar-refractivity contribution is 0.102. The number of halogens is 3. The fraction of sp³-hybridized carbons (Fsp3) is 0.0909.